The molecule has 0 aliphatic carbocycles. The van der Waals surface area contributed by atoms with Gasteiger partial charge in [0, 0.05) is 6.54 Å². The Kier molecular flexibility index (Phi) is 3.74. The average molecular weight is 251 g/mol. The van der Waals surface area contributed by atoms with E-state index >= 15 is 0 Å². The fourth-order valence-electron chi connectivity index (χ4n) is 1.87. The highest BCUT2D eigenvalue weighted by Gasteiger charge is 2.30. The molecule has 1 fully saturated rings. The zero-order chi connectivity index (χ0) is 12.4. The van der Waals surface area contributed by atoms with Crippen molar-refractivity contribution in [3.05, 3.63) is 35.4 Å². The molecule has 2 atom stereocenters. The number of carboxylic acids is 1. The van der Waals surface area contributed by atoms with Crippen LogP contribution in [0.15, 0.2) is 24.3 Å². The minimum atomic E-state index is -0.733. The Morgan fingerprint density at radius 2 is 2.06 bits per heavy atom. The molecule has 1 heterocycles. The van der Waals surface area contributed by atoms with Gasteiger partial charge in [-0.3, -0.25) is 10.1 Å². The van der Waals surface area contributed by atoms with Gasteiger partial charge in [0.25, 0.3) is 0 Å². The summed E-state index contributed by atoms with van der Waals surface area (Å²) < 4.78 is 0. The average Bonchev–Trinajstić information content (AvgIpc) is 2.78. The second kappa shape index (κ2) is 5.10. The summed E-state index contributed by atoms with van der Waals surface area (Å²) in [5.74, 6) is -0.205. The Bertz CT molecular complexity index is 402. The van der Waals surface area contributed by atoms with Crippen LogP contribution in [-0.2, 0) is 4.79 Å². The summed E-state index contributed by atoms with van der Waals surface area (Å²) in [6.07, 6.45) is 0. The molecule has 2 N–H and O–H groups in total. The van der Waals surface area contributed by atoms with Crippen molar-refractivity contribution in [3.8, 4) is 0 Å². The minimum Gasteiger partial charge on any atom is -0.480 e. The zero-order valence-corrected chi connectivity index (χ0v) is 10.8. The molecule has 0 spiro atoms. The summed E-state index contributed by atoms with van der Waals surface area (Å²) in [5, 5.41) is 11.9. The molecule has 1 aromatic rings. The third kappa shape index (κ3) is 2.82. The van der Waals surface area contributed by atoms with Crippen LogP contribution in [0.4, 0.5) is 0 Å². The second-order valence-corrected chi connectivity index (χ2v) is 5.89. The first-order chi connectivity index (χ1) is 8.08. The Morgan fingerprint density at radius 1 is 1.41 bits per heavy atom. The van der Waals surface area contributed by atoms with Crippen LogP contribution in [0.25, 0.3) is 0 Å². The number of thioether (sulfide) groups is 1. The smallest absolute Gasteiger partial charge is 0.318 e. The van der Waals surface area contributed by atoms with E-state index in [2.05, 4.69) is 43.4 Å². The van der Waals surface area contributed by atoms with Crippen molar-refractivity contribution in [1.29, 1.82) is 0 Å². The molecule has 1 aromatic carbocycles. The molecule has 0 amide bonds. The van der Waals surface area contributed by atoms with Crippen molar-refractivity contribution in [3.63, 3.8) is 0 Å². The van der Waals surface area contributed by atoms with Crippen molar-refractivity contribution in [2.24, 2.45) is 0 Å². The van der Waals surface area contributed by atoms with Gasteiger partial charge in [-0.2, -0.15) is 0 Å². The highest BCUT2D eigenvalue weighted by Crippen LogP contribution is 2.35. The Labute approximate surface area is 106 Å². The maximum absolute atomic E-state index is 10.9. The normalized spacial score (nSPS) is 24.2. The summed E-state index contributed by atoms with van der Waals surface area (Å²) in [5.41, 5.74) is 2.47. The molecular formula is C13H17NO2S. The first-order valence-electron chi connectivity index (χ1n) is 5.79. The van der Waals surface area contributed by atoms with E-state index in [4.69, 9.17) is 5.11 Å². The second-order valence-electron chi connectivity index (χ2n) is 4.57. The molecule has 2 rings (SSSR count). The van der Waals surface area contributed by atoms with Crippen LogP contribution in [0, 0.1) is 0 Å². The van der Waals surface area contributed by atoms with Crippen molar-refractivity contribution in [2.45, 2.75) is 30.4 Å². The summed E-state index contributed by atoms with van der Waals surface area (Å²) in [7, 11) is 0. The number of carbonyl (C=O) groups is 1. The number of benzene rings is 1. The molecule has 1 aliphatic heterocycles. The summed E-state index contributed by atoms with van der Waals surface area (Å²) >= 11 is 1.48. The van der Waals surface area contributed by atoms with E-state index in [0.717, 1.165) is 5.56 Å². The van der Waals surface area contributed by atoms with Crippen molar-refractivity contribution in [2.75, 3.05) is 6.54 Å². The summed E-state index contributed by atoms with van der Waals surface area (Å²) in [6.45, 7) is 4.87. The molecular weight excluding hydrogens is 234 g/mol. The van der Waals surface area contributed by atoms with Crippen LogP contribution >= 0.6 is 11.8 Å². The van der Waals surface area contributed by atoms with E-state index in [-0.39, 0.29) is 10.6 Å². The van der Waals surface area contributed by atoms with Gasteiger partial charge in [-0.15, -0.1) is 11.8 Å². The first kappa shape index (κ1) is 12.5. The fourth-order valence-corrected chi connectivity index (χ4v) is 3.02. The van der Waals surface area contributed by atoms with Crippen LogP contribution in [0.3, 0.4) is 0 Å². The third-order valence-electron chi connectivity index (χ3n) is 2.97. The Hall–Kier alpha value is -1.00. The van der Waals surface area contributed by atoms with Crippen LogP contribution in [0.5, 0.6) is 0 Å². The molecule has 4 heteroatoms. The topological polar surface area (TPSA) is 49.3 Å². The summed E-state index contributed by atoms with van der Waals surface area (Å²) in [4.78, 5) is 10.9. The zero-order valence-electron chi connectivity index (χ0n) is 10.0. The summed E-state index contributed by atoms with van der Waals surface area (Å²) in [6, 6.07) is 8.42. The maximum atomic E-state index is 10.9. The molecule has 92 valence electrons. The molecule has 0 radical (unpaired) electrons. The van der Waals surface area contributed by atoms with Crippen molar-refractivity contribution in [1.82, 2.24) is 5.32 Å². The van der Waals surface area contributed by atoms with Gasteiger partial charge in [-0.1, -0.05) is 38.1 Å². The molecule has 17 heavy (non-hydrogen) atoms. The van der Waals surface area contributed by atoms with Crippen LogP contribution in [0.2, 0.25) is 0 Å². The lowest BCUT2D eigenvalue weighted by molar-refractivity contribution is -0.136. The van der Waals surface area contributed by atoms with Crippen LogP contribution < -0.4 is 5.32 Å². The molecule has 0 unspecified atom stereocenters. The Balaban J connectivity index is 2.06. The predicted octanol–water partition coefficient (Wildman–Crippen LogP) is 2.60. The van der Waals surface area contributed by atoms with E-state index in [1.54, 1.807) is 0 Å². The molecule has 0 saturated carbocycles. The van der Waals surface area contributed by atoms with Gasteiger partial charge >= 0.3 is 5.97 Å². The lowest BCUT2D eigenvalue weighted by Gasteiger charge is -2.12. The number of aliphatic carboxylic acids is 1. The number of carboxylic acid groups (broad SMARTS) is 1. The molecule has 1 aliphatic rings. The fraction of sp³-hybridized carbons (Fsp3) is 0.462. The van der Waals surface area contributed by atoms with Gasteiger partial charge in [0.05, 0.1) is 5.37 Å². The van der Waals surface area contributed by atoms with Gasteiger partial charge in [0.15, 0.2) is 0 Å². The van der Waals surface area contributed by atoms with Crippen molar-refractivity contribution >= 4 is 17.7 Å². The minimum absolute atomic E-state index is 0.109. The lowest BCUT2D eigenvalue weighted by atomic mass is 10.0. The largest absolute Gasteiger partial charge is 0.480 e. The van der Waals surface area contributed by atoms with Gasteiger partial charge in [0.2, 0.25) is 0 Å². The van der Waals surface area contributed by atoms with Crippen LogP contribution in [-0.4, -0.2) is 22.9 Å². The van der Waals surface area contributed by atoms with E-state index in [1.807, 2.05) is 0 Å². The SMILES string of the molecule is CC(C)c1ccc([C@H]2NC[C@@H](C(=O)O)S2)cc1. The van der Waals surface area contributed by atoms with E-state index in [0.29, 0.717) is 12.5 Å². The monoisotopic (exact) mass is 251 g/mol. The van der Waals surface area contributed by atoms with E-state index < -0.39 is 5.97 Å². The third-order valence-corrected chi connectivity index (χ3v) is 4.38. The molecule has 0 aromatic heterocycles. The van der Waals surface area contributed by atoms with Gasteiger partial charge in [0.1, 0.15) is 5.25 Å². The predicted molar refractivity (Wildman–Crippen MR) is 70.3 cm³/mol. The number of hydrogen-bond acceptors (Lipinski definition) is 3. The lowest BCUT2D eigenvalue weighted by Crippen LogP contribution is -2.21. The van der Waals surface area contributed by atoms with E-state index in [9.17, 15) is 4.79 Å². The van der Waals surface area contributed by atoms with Gasteiger partial charge < -0.3 is 5.11 Å². The molecule has 3 nitrogen and oxygen atoms in total. The maximum Gasteiger partial charge on any atom is 0.318 e. The number of rotatable bonds is 3. The van der Waals surface area contributed by atoms with Gasteiger partial charge in [-0.05, 0) is 17.0 Å². The van der Waals surface area contributed by atoms with Crippen LogP contribution in [0.1, 0.15) is 36.3 Å². The standard InChI is InChI=1S/C13H17NO2S/c1-8(2)9-3-5-10(6-4-9)12-14-7-11(17-12)13(15)16/h3-6,8,11-12,14H,7H2,1-2H3,(H,15,16)/t11-,12-/m0/s1. The molecule has 0 bridgehead atoms. The van der Waals surface area contributed by atoms with E-state index in [1.165, 1.54) is 17.3 Å². The van der Waals surface area contributed by atoms with Gasteiger partial charge in [-0.25, -0.2) is 0 Å². The Morgan fingerprint density at radius 3 is 2.53 bits per heavy atom. The highest BCUT2D eigenvalue weighted by molar-refractivity contribution is 8.01. The highest BCUT2D eigenvalue weighted by atomic mass is 32.2. The first-order valence-corrected chi connectivity index (χ1v) is 6.73. The quantitative estimate of drug-likeness (QED) is 0.867. The molecule has 1 saturated heterocycles. The number of nitrogens with one attached hydrogen (secondary N) is 1. The number of hydrogen-bond donors (Lipinski definition) is 2. The van der Waals surface area contributed by atoms with Crippen molar-refractivity contribution < 1.29 is 9.90 Å².